The molecule has 1 aromatic rings. The molecule has 0 aromatic heterocycles. The molecule has 4 nitrogen and oxygen atoms in total. The summed E-state index contributed by atoms with van der Waals surface area (Å²) in [5, 5.41) is 3.03. The number of Topliss-reactive ketones (excluding diaryl/α,β-unsaturated/α-hetero) is 1. The molecule has 0 spiro atoms. The van der Waals surface area contributed by atoms with Gasteiger partial charge in [0, 0.05) is 5.56 Å². The summed E-state index contributed by atoms with van der Waals surface area (Å²) in [6, 6.07) is 3.65. The fourth-order valence-corrected chi connectivity index (χ4v) is 1.89. The number of aryl methyl sites for hydroxylation is 1. The molecule has 0 atom stereocenters. The van der Waals surface area contributed by atoms with Crippen molar-refractivity contribution in [1.82, 2.24) is 5.32 Å². The van der Waals surface area contributed by atoms with Crippen LogP contribution in [-0.4, -0.2) is 31.6 Å². The Morgan fingerprint density at radius 3 is 2.33 bits per heavy atom. The Bertz CT molecular complexity index is 480. The van der Waals surface area contributed by atoms with E-state index >= 15 is 0 Å². The van der Waals surface area contributed by atoms with Crippen molar-refractivity contribution in [3.63, 3.8) is 0 Å². The van der Waals surface area contributed by atoms with Gasteiger partial charge >= 0.3 is 0 Å². The first-order valence-electron chi connectivity index (χ1n) is 6.09. The number of ether oxygens (including phenoxy) is 2. The van der Waals surface area contributed by atoms with Crippen molar-refractivity contribution in [2.75, 3.05) is 20.3 Å². The van der Waals surface area contributed by atoms with Gasteiger partial charge in [0.1, 0.15) is 13.2 Å². The van der Waals surface area contributed by atoms with Crippen molar-refractivity contribution in [1.29, 1.82) is 0 Å². The molecule has 0 radical (unpaired) electrons. The van der Waals surface area contributed by atoms with Crippen molar-refractivity contribution in [3.8, 4) is 11.5 Å². The van der Waals surface area contributed by atoms with E-state index in [4.69, 9.17) is 9.47 Å². The average molecular weight is 249 g/mol. The lowest BCUT2D eigenvalue weighted by Gasteiger charge is -2.25. The predicted octanol–water partition coefficient (Wildman–Crippen LogP) is 1.95. The molecule has 1 aliphatic rings. The highest BCUT2D eigenvalue weighted by atomic mass is 16.6. The van der Waals surface area contributed by atoms with E-state index in [2.05, 4.69) is 5.32 Å². The summed E-state index contributed by atoms with van der Waals surface area (Å²) in [6.45, 7) is 6.73. The van der Waals surface area contributed by atoms with E-state index in [1.807, 2.05) is 26.8 Å². The molecule has 0 fully saturated rings. The fourth-order valence-electron chi connectivity index (χ4n) is 1.89. The first-order valence-corrected chi connectivity index (χ1v) is 6.09. The standard InChI is InChI=1S/C14H19NO3/c1-9-7-11-12(18-6-5-17-11)8-10(9)13(16)14(2,3)15-4/h7-8,15H,5-6H2,1-4H3. The van der Waals surface area contributed by atoms with Crippen LogP contribution in [0.2, 0.25) is 0 Å². The zero-order valence-corrected chi connectivity index (χ0v) is 11.3. The number of ketones is 1. The van der Waals surface area contributed by atoms with E-state index in [1.165, 1.54) is 0 Å². The summed E-state index contributed by atoms with van der Waals surface area (Å²) in [4.78, 5) is 12.4. The first-order chi connectivity index (χ1) is 8.45. The van der Waals surface area contributed by atoms with Crippen molar-refractivity contribution >= 4 is 5.78 Å². The van der Waals surface area contributed by atoms with Crippen LogP contribution in [0.25, 0.3) is 0 Å². The monoisotopic (exact) mass is 249 g/mol. The third-order valence-electron chi connectivity index (χ3n) is 3.33. The van der Waals surface area contributed by atoms with Gasteiger partial charge in [0.25, 0.3) is 0 Å². The van der Waals surface area contributed by atoms with Gasteiger partial charge in [0.05, 0.1) is 5.54 Å². The van der Waals surface area contributed by atoms with E-state index in [1.54, 1.807) is 13.1 Å². The van der Waals surface area contributed by atoms with E-state index in [0.717, 1.165) is 11.3 Å². The molecule has 0 unspecified atom stereocenters. The third-order valence-corrected chi connectivity index (χ3v) is 3.33. The SMILES string of the molecule is CNC(C)(C)C(=O)c1cc2c(cc1C)OCCO2. The highest BCUT2D eigenvalue weighted by molar-refractivity contribution is 6.04. The first kappa shape index (κ1) is 12.9. The Morgan fingerprint density at radius 1 is 1.22 bits per heavy atom. The molecule has 0 saturated heterocycles. The van der Waals surface area contributed by atoms with Gasteiger partial charge in [-0.3, -0.25) is 4.79 Å². The molecular weight excluding hydrogens is 230 g/mol. The zero-order chi connectivity index (χ0) is 13.3. The van der Waals surface area contributed by atoms with E-state index in [0.29, 0.717) is 24.5 Å². The number of fused-ring (bicyclic) bond motifs is 1. The van der Waals surface area contributed by atoms with Crippen LogP contribution in [-0.2, 0) is 0 Å². The largest absolute Gasteiger partial charge is 0.486 e. The third kappa shape index (κ3) is 2.20. The van der Waals surface area contributed by atoms with Crippen LogP contribution in [0.15, 0.2) is 12.1 Å². The van der Waals surface area contributed by atoms with Crippen LogP contribution in [0.5, 0.6) is 11.5 Å². The van der Waals surface area contributed by atoms with Gasteiger partial charge in [-0.25, -0.2) is 0 Å². The molecule has 0 amide bonds. The summed E-state index contributed by atoms with van der Waals surface area (Å²) in [6.07, 6.45) is 0. The number of hydrogen-bond acceptors (Lipinski definition) is 4. The smallest absolute Gasteiger partial charge is 0.182 e. The molecule has 1 N–H and O–H groups in total. The minimum Gasteiger partial charge on any atom is -0.486 e. The second kappa shape index (κ2) is 4.61. The summed E-state index contributed by atoms with van der Waals surface area (Å²) >= 11 is 0. The van der Waals surface area contributed by atoms with Crippen molar-refractivity contribution in [2.24, 2.45) is 0 Å². The van der Waals surface area contributed by atoms with Crippen LogP contribution in [0.1, 0.15) is 29.8 Å². The summed E-state index contributed by atoms with van der Waals surface area (Å²) in [7, 11) is 1.78. The molecule has 1 aliphatic heterocycles. The minimum absolute atomic E-state index is 0.0551. The predicted molar refractivity (Wildman–Crippen MR) is 69.6 cm³/mol. The van der Waals surface area contributed by atoms with Gasteiger partial charge < -0.3 is 14.8 Å². The molecule has 0 bridgehead atoms. The molecule has 1 heterocycles. The van der Waals surface area contributed by atoms with Crippen molar-refractivity contribution in [3.05, 3.63) is 23.3 Å². The molecule has 98 valence electrons. The van der Waals surface area contributed by atoms with Crippen LogP contribution in [0.4, 0.5) is 0 Å². The van der Waals surface area contributed by atoms with E-state index in [9.17, 15) is 4.79 Å². The second-order valence-electron chi connectivity index (χ2n) is 5.01. The van der Waals surface area contributed by atoms with Crippen LogP contribution in [0, 0.1) is 6.92 Å². The van der Waals surface area contributed by atoms with Crippen molar-refractivity contribution in [2.45, 2.75) is 26.3 Å². The number of hydrogen-bond donors (Lipinski definition) is 1. The zero-order valence-electron chi connectivity index (χ0n) is 11.3. The lowest BCUT2D eigenvalue weighted by molar-refractivity contribution is 0.0887. The number of nitrogens with one attached hydrogen (secondary N) is 1. The number of benzene rings is 1. The van der Waals surface area contributed by atoms with Crippen LogP contribution in [0.3, 0.4) is 0 Å². The molecule has 1 aromatic carbocycles. The van der Waals surface area contributed by atoms with Gasteiger partial charge in [0.2, 0.25) is 0 Å². The summed E-state index contributed by atoms with van der Waals surface area (Å²) in [5.41, 5.74) is 1.00. The number of carbonyl (C=O) groups excluding carboxylic acids is 1. The Kier molecular flexibility index (Phi) is 3.30. The van der Waals surface area contributed by atoms with Gasteiger partial charge in [-0.1, -0.05) is 0 Å². The van der Waals surface area contributed by atoms with Gasteiger partial charge in [-0.2, -0.15) is 0 Å². The lowest BCUT2D eigenvalue weighted by Crippen LogP contribution is -2.44. The minimum atomic E-state index is -0.589. The topological polar surface area (TPSA) is 47.6 Å². The summed E-state index contributed by atoms with van der Waals surface area (Å²) in [5.74, 6) is 1.43. The Labute approximate surface area is 107 Å². The second-order valence-corrected chi connectivity index (χ2v) is 5.01. The number of carbonyl (C=O) groups is 1. The van der Waals surface area contributed by atoms with Crippen LogP contribution >= 0.6 is 0 Å². The van der Waals surface area contributed by atoms with Crippen LogP contribution < -0.4 is 14.8 Å². The molecule has 0 aliphatic carbocycles. The van der Waals surface area contributed by atoms with Gasteiger partial charge in [-0.15, -0.1) is 0 Å². The fraction of sp³-hybridized carbons (Fsp3) is 0.500. The Morgan fingerprint density at radius 2 is 1.78 bits per heavy atom. The van der Waals surface area contributed by atoms with E-state index in [-0.39, 0.29) is 5.78 Å². The van der Waals surface area contributed by atoms with E-state index < -0.39 is 5.54 Å². The Hall–Kier alpha value is -1.55. The maximum Gasteiger partial charge on any atom is 0.182 e. The molecule has 4 heteroatoms. The lowest BCUT2D eigenvalue weighted by atomic mass is 9.90. The average Bonchev–Trinajstić information content (AvgIpc) is 2.37. The quantitative estimate of drug-likeness (QED) is 0.832. The highest BCUT2D eigenvalue weighted by Gasteiger charge is 2.29. The molecule has 0 saturated carbocycles. The molecule has 2 rings (SSSR count). The normalized spacial score (nSPS) is 14.4. The summed E-state index contributed by atoms with van der Waals surface area (Å²) < 4.78 is 11.0. The molecule has 18 heavy (non-hydrogen) atoms. The maximum atomic E-state index is 12.4. The molecular formula is C14H19NO3. The van der Waals surface area contributed by atoms with Gasteiger partial charge in [0.15, 0.2) is 17.3 Å². The number of rotatable bonds is 3. The highest BCUT2D eigenvalue weighted by Crippen LogP contribution is 2.34. The Balaban J connectivity index is 2.43. The van der Waals surface area contributed by atoms with Crippen molar-refractivity contribution < 1.29 is 14.3 Å². The maximum absolute atomic E-state index is 12.4. The number of likely N-dealkylation sites (N-methyl/N-ethyl adjacent to an activating group) is 1. The van der Waals surface area contributed by atoms with Gasteiger partial charge in [-0.05, 0) is 45.5 Å².